The van der Waals surface area contributed by atoms with Gasteiger partial charge in [0.1, 0.15) is 12.4 Å². The molecule has 5 rings (SSSR count). The maximum absolute atomic E-state index is 11.1. The van der Waals surface area contributed by atoms with Crippen molar-refractivity contribution in [3.8, 4) is 17.0 Å². The minimum Gasteiger partial charge on any atom is -1.00 e. The zero-order chi connectivity index (χ0) is 25.6. The molecule has 1 N–H and O–H groups in total. The van der Waals surface area contributed by atoms with Gasteiger partial charge >= 0.3 is 57.4 Å². The Morgan fingerprint density at radius 2 is 1.63 bits per heavy atom. The second kappa shape index (κ2) is 13.9. The Hall–Kier alpha value is -2.00. The predicted octanol–water partition coefficient (Wildman–Crippen LogP) is 4.89. The van der Waals surface area contributed by atoms with Crippen LogP contribution in [0.25, 0.3) is 11.3 Å². The quantitative estimate of drug-likeness (QED) is 0.300. The number of aromatic nitrogens is 1. The van der Waals surface area contributed by atoms with Gasteiger partial charge in [0.05, 0.1) is 11.3 Å². The summed E-state index contributed by atoms with van der Waals surface area (Å²) in [4.78, 5) is 17.9. The van der Waals surface area contributed by atoms with Crippen molar-refractivity contribution in [3.05, 3.63) is 100 Å². The van der Waals surface area contributed by atoms with Crippen LogP contribution in [0.3, 0.4) is 0 Å². The molecule has 4 aromatic rings. The summed E-state index contributed by atoms with van der Waals surface area (Å²) in [6.45, 7) is 1.21. The molecule has 3 aromatic carbocycles. The first-order valence-electron chi connectivity index (χ1n) is 12.9. The number of ether oxygens (including phenoxy) is 1. The Morgan fingerprint density at radius 3 is 2.29 bits per heavy atom. The largest absolute Gasteiger partial charge is 1.00 e. The number of hydrogen-bond donors (Lipinski definition) is 1. The van der Waals surface area contributed by atoms with Gasteiger partial charge in [0.15, 0.2) is 5.13 Å². The van der Waals surface area contributed by atoms with Gasteiger partial charge in [-0.15, -0.1) is 11.3 Å². The Labute approximate surface area is 272 Å². The zero-order valence-corrected chi connectivity index (χ0v) is 26.0. The van der Waals surface area contributed by atoms with Gasteiger partial charge in [-0.3, -0.25) is 0 Å². The first-order valence-corrected chi connectivity index (χ1v) is 13.7. The number of benzene rings is 3. The number of rotatable bonds is 9. The first kappa shape index (κ1) is 29.0. The van der Waals surface area contributed by atoms with Crippen LogP contribution in [0.2, 0.25) is 0 Å². The van der Waals surface area contributed by atoms with Crippen molar-refractivity contribution in [1.82, 2.24) is 4.98 Å². The molecular weight excluding hydrogens is 520 g/mol. The SMILES string of the molecule is CN(Cc1ccc(C(=O)O)cc1)c1nc(-c2ccc(OCc3ccc(C4CCCCC4)cc3)cc2)cs1.[H-].[K+]. The van der Waals surface area contributed by atoms with Crippen molar-refractivity contribution >= 4 is 22.4 Å². The topological polar surface area (TPSA) is 62.7 Å². The molecule has 0 bridgehead atoms. The van der Waals surface area contributed by atoms with Crippen LogP contribution in [-0.4, -0.2) is 23.1 Å². The van der Waals surface area contributed by atoms with E-state index in [1.54, 1.807) is 23.5 Å². The second-order valence-electron chi connectivity index (χ2n) is 9.76. The molecule has 0 radical (unpaired) electrons. The summed E-state index contributed by atoms with van der Waals surface area (Å²) < 4.78 is 6.04. The van der Waals surface area contributed by atoms with Gasteiger partial charge in [-0.05, 0) is 71.8 Å². The average molecular weight is 553 g/mol. The Kier molecular flexibility index (Phi) is 10.6. The molecule has 1 heterocycles. The van der Waals surface area contributed by atoms with E-state index in [1.807, 2.05) is 43.4 Å². The number of carbonyl (C=O) groups is 1. The number of carboxylic acids is 1. The van der Waals surface area contributed by atoms with Gasteiger partial charge in [-0.25, -0.2) is 9.78 Å². The third kappa shape index (κ3) is 7.55. The molecule has 0 spiro atoms. The minimum atomic E-state index is -0.913. The standard InChI is InChI=1S/C31H32N2O3S.K.H/c1-33(19-22-7-13-27(14-8-22)30(34)35)31-32-29(21-37-31)26-15-17-28(18-16-26)36-20-23-9-11-25(12-10-23)24-5-3-2-4-6-24;;/h7-18,21,24H,2-6,19-20H2,1H3,(H,34,35);;/q;+1;-1. The monoisotopic (exact) mass is 552 g/mol. The molecule has 1 fully saturated rings. The number of carboxylic acid groups (broad SMARTS) is 1. The maximum atomic E-state index is 11.1. The van der Waals surface area contributed by atoms with Crippen molar-refractivity contribution in [3.63, 3.8) is 0 Å². The fraction of sp³-hybridized carbons (Fsp3) is 0.290. The summed E-state index contributed by atoms with van der Waals surface area (Å²) >= 11 is 1.59. The smallest absolute Gasteiger partial charge is 1.00 e. The van der Waals surface area contributed by atoms with Crippen molar-refractivity contribution < 1.29 is 67.4 Å². The molecule has 0 amide bonds. The molecular formula is C31H33KN2O3S. The summed E-state index contributed by atoms with van der Waals surface area (Å²) in [5.41, 5.74) is 5.96. The average Bonchev–Trinajstić information content (AvgIpc) is 3.44. The van der Waals surface area contributed by atoms with Gasteiger partial charge in [0.2, 0.25) is 0 Å². The van der Waals surface area contributed by atoms with E-state index >= 15 is 0 Å². The number of nitrogens with zero attached hydrogens (tertiary/aromatic N) is 2. The third-order valence-corrected chi connectivity index (χ3v) is 8.01. The summed E-state index contributed by atoms with van der Waals surface area (Å²) in [6.07, 6.45) is 6.74. The van der Waals surface area contributed by atoms with E-state index in [0.29, 0.717) is 18.7 Å². The molecule has 0 aliphatic heterocycles. The number of aromatic carboxylic acids is 1. The number of hydrogen-bond acceptors (Lipinski definition) is 5. The molecule has 0 atom stereocenters. The normalized spacial score (nSPS) is 13.5. The van der Waals surface area contributed by atoms with Crippen LogP contribution in [0.5, 0.6) is 5.75 Å². The fourth-order valence-electron chi connectivity index (χ4n) is 4.88. The molecule has 1 saturated carbocycles. The van der Waals surface area contributed by atoms with E-state index in [2.05, 4.69) is 34.5 Å². The summed E-state index contributed by atoms with van der Waals surface area (Å²) in [5.74, 6) is 0.662. The van der Waals surface area contributed by atoms with Crippen LogP contribution in [0.1, 0.15) is 66.5 Å². The van der Waals surface area contributed by atoms with Crippen LogP contribution in [0, 0.1) is 0 Å². The van der Waals surface area contributed by atoms with Gasteiger partial charge < -0.3 is 16.2 Å². The van der Waals surface area contributed by atoms with Crippen molar-refractivity contribution in [2.45, 2.75) is 51.2 Å². The maximum Gasteiger partial charge on any atom is 1.00 e. The van der Waals surface area contributed by atoms with E-state index in [4.69, 9.17) is 14.8 Å². The summed E-state index contributed by atoms with van der Waals surface area (Å²) in [5, 5.41) is 12.0. The molecule has 192 valence electrons. The van der Waals surface area contributed by atoms with E-state index < -0.39 is 5.97 Å². The Morgan fingerprint density at radius 1 is 0.974 bits per heavy atom. The van der Waals surface area contributed by atoms with Crippen LogP contribution in [-0.2, 0) is 13.2 Å². The van der Waals surface area contributed by atoms with E-state index in [0.717, 1.165) is 33.6 Å². The summed E-state index contributed by atoms with van der Waals surface area (Å²) in [7, 11) is 1.99. The first-order chi connectivity index (χ1) is 18.0. The van der Waals surface area contributed by atoms with E-state index in [9.17, 15) is 4.79 Å². The van der Waals surface area contributed by atoms with Crippen molar-refractivity contribution in [2.24, 2.45) is 0 Å². The van der Waals surface area contributed by atoms with Gasteiger partial charge in [0.25, 0.3) is 0 Å². The van der Waals surface area contributed by atoms with Gasteiger partial charge in [-0.2, -0.15) is 0 Å². The molecule has 38 heavy (non-hydrogen) atoms. The van der Waals surface area contributed by atoms with Gasteiger partial charge in [0, 0.05) is 24.5 Å². The molecule has 0 unspecified atom stereocenters. The van der Waals surface area contributed by atoms with E-state index in [1.165, 1.54) is 43.2 Å². The van der Waals surface area contributed by atoms with Crippen LogP contribution in [0.4, 0.5) is 5.13 Å². The van der Waals surface area contributed by atoms with E-state index in [-0.39, 0.29) is 52.8 Å². The Bertz CT molecular complexity index is 1320. The number of anilines is 1. The predicted molar refractivity (Wildman–Crippen MR) is 151 cm³/mol. The minimum absolute atomic E-state index is 0. The van der Waals surface area contributed by atoms with Gasteiger partial charge in [-0.1, -0.05) is 55.7 Å². The van der Waals surface area contributed by atoms with Crippen LogP contribution >= 0.6 is 11.3 Å². The van der Waals surface area contributed by atoms with Crippen LogP contribution in [0.15, 0.2) is 78.2 Å². The Balaban J connectivity index is 0.00000210. The third-order valence-electron chi connectivity index (χ3n) is 7.05. The molecule has 1 aliphatic carbocycles. The molecule has 1 aliphatic rings. The molecule has 1 aromatic heterocycles. The molecule has 5 nitrogen and oxygen atoms in total. The fourth-order valence-corrected chi connectivity index (χ4v) is 5.68. The molecule has 0 saturated heterocycles. The summed E-state index contributed by atoms with van der Waals surface area (Å²) in [6, 6.07) is 24.0. The number of thiazole rings is 1. The van der Waals surface area contributed by atoms with Crippen LogP contribution < -0.4 is 61.0 Å². The second-order valence-corrected chi connectivity index (χ2v) is 10.6. The van der Waals surface area contributed by atoms with Crippen molar-refractivity contribution in [1.29, 1.82) is 0 Å². The zero-order valence-electron chi connectivity index (χ0n) is 23.1. The molecule has 7 heteroatoms. The van der Waals surface area contributed by atoms with Crippen molar-refractivity contribution in [2.75, 3.05) is 11.9 Å².